The summed E-state index contributed by atoms with van der Waals surface area (Å²) in [6, 6.07) is 19.2. The van der Waals surface area contributed by atoms with E-state index in [2.05, 4.69) is 46.1 Å². The van der Waals surface area contributed by atoms with Gasteiger partial charge < -0.3 is 4.90 Å². The fraction of sp³-hybridized carbons (Fsp3) is 0.111. The van der Waals surface area contributed by atoms with Gasteiger partial charge >= 0.3 is 0 Å². The highest BCUT2D eigenvalue weighted by Gasteiger charge is 2.24. The van der Waals surface area contributed by atoms with Gasteiger partial charge in [-0.25, -0.2) is 19.3 Å². The Morgan fingerprint density at radius 3 is 2.55 bits per heavy atom. The van der Waals surface area contributed by atoms with Crippen LogP contribution in [0, 0.1) is 12.7 Å². The molecule has 0 N–H and O–H groups in total. The van der Waals surface area contributed by atoms with Crippen LogP contribution in [0.2, 0.25) is 0 Å². The van der Waals surface area contributed by atoms with Gasteiger partial charge in [-0.2, -0.15) is 0 Å². The zero-order valence-electron chi connectivity index (χ0n) is 18.0. The molecule has 33 heavy (non-hydrogen) atoms. The fourth-order valence-electron chi connectivity index (χ4n) is 4.42. The molecular weight excluding hydrogens is 413 g/mol. The number of aromatic nitrogens is 4. The largest absolute Gasteiger partial charge is 0.325 e. The van der Waals surface area contributed by atoms with Crippen molar-refractivity contribution in [3.63, 3.8) is 0 Å². The van der Waals surface area contributed by atoms with E-state index in [4.69, 9.17) is 9.97 Å². The van der Waals surface area contributed by atoms with Crippen molar-refractivity contribution in [2.75, 3.05) is 11.4 Å². The molecule has 0 unspecified atom stereocenters. The molecule has 1 aliphatic heterocycles. The van der Waals surface area contributed by atoms with Crippen LogP contribution < -0.4 is 4.90 Å². The van der Waals surface area contributed by atoms with Gasteiger partial charge in [0, 0.05) is 30.0 Å². The summed E-state index contributed by atoms with van der Waals surface area (Å²) in [5, 5.41) is 0.942. The van der Waals surface area contributed by atoms with Crippen molar-refractivity contribution in [2.45, 2.75) is 13.3 Å². The van der Waals surface area contributed by atoms with E-state index < -0.39 is 0 Å². The lowest BCUT2D eigenvalue weighted by molar-refractivity contribution is 0.628. The van der Waals surface area contributed by atoms with Crippen LogP contribution in [0.1, 0.15) is 11.1 Å². The van der Waals surface area contributed by atoms with Crippen LogP contribution >= 0.6 is 0 Å². The highest BCUT2D eigenvalue weighted by molar-refractivity contribution is 5.96. The number of hydrogen-bond donors (Lipinski definition) is 0. The van der Waals surface area contributed by atoms with Crippen molar-refractivity contribution in [2.24, 2.45) is 0 Å². The first-order valence-corrected chi connectivity index (χ1v) is 10.9. The number of nitrogens with zero attached hydrogens (tertiary/aromatic N) is 5. The maximum atomic E-state index is 13.5. The van der Waals surface area contributed by atoms with Gasteiger partial charge in [0.05, 0.1) is 11.7 Å². The van der Waals surface area contributed by atoms with Gasteiger partial charge in [0.1, 0.15) is 17.3 Å². The molecule has 0 amide bonds. The monoisotopic (exact) mass is 433 g/mol. The molecule has 0 saturated heterocycles. The van der Waals surface area contributed by atoms with Gasteiger partial charge in [0.2, 0.25) is 0 Å². The first kappa shape index (κ1) is 19.5. The van der Waals surface area contributed by atoms with Crippen molar-refractivity contribution >= 4 is 22.4 Å². The highest BCUT2D eigenvalue weighted by atomic mass is 19.1. The summed E-state index contributed by atoms with van der Waals surface area (Å²) >= 11 is 0. The zero-order valence-corrected chi connectivity index (χ0v) is 18.0. The SMILES string of the molecule is Cc1ccc2c(c1)CCN2c1nc(-c2cnccn2)nc2ccc(-c3ccc(F)cc3)cc12. The van der Waals surface area contributed by atoms with Gasteiger partial charge in [0.15, 0.2) is 5.82 Å². The van der Waals surface area contributed by atoms with Crippen LogP contribution in [-0.4, -0.2) is 26.5 Å². The van der Waals surface area contributed by atoms with E-state index in [1.54, 1.807) is 30.7 Å². The Labute approximate surface area is 190 Å². The zero-order chi connectivity index (χ0) is 22.4. The van der Waals surface area contributed by atoms with Crippen molar-refractivity contribution in [3.05, 3.63) is 96.2 Å². The molecule has 0 aliphatic carbocycles. The Kier molecular flexibility index (Phi) is 4.57. The third-order valence-corrected chi connectivity index (χ3v) is 6.03. The molecule has 0 bridgehead atoms. The van der Waals surface area contributed by atoms with E-state index >= 15 is 0 Å². The summed E-state index contributed by atoms with van der Waals surface area (Å²) in [6.07, 6.45) is 5.92. The summed E-state index contributed by atoms with van der Waals surface area (Å²) in [5.41, 5.74) is 7.12. The lowest BCUT2D eigenvalue weighted by atomic mass is 10.0. The number of halogens is 1. The molecule has 0 spiro atoms. The second-order valence-corrected chi connectivity index (χ2v) is 8.23. The van der Waals surface area contributed by atoms with E-state index in [1.807, 2.05) is 12.1 Å². The molecule has 2 aromatic heterocycles. The first-order valence-electron chi connectivity index (χ1n) is 10.9. The van der Waals surface area contributed by atoms with Crippen LogP contribution in [0.15, 0.2) is 79.3 Å². The molecule has 5 nitrogen and oxygen atoms in total. The second-order valence-electron chi connectivity index (χ2n) is 8.23. The lowest BCUT2D eigenvalue weighted by Crippen LogP contribution is -2.16. The predicted molar refractivity (Wildman–Crippen MR) is 128 cm³/mol. The van der Waals surface area contributed by atoms with Gasteiger partial charge in [-0.05, 0) is 60.4 Å². The molecule has 0 atom stereocenters. The van der Waals surface area contributed by atoms with Crippen molar-refractivity contribution < 1.29 is 4.39 Å². The van der Waals surface area contributed by atoms with Crippen molar-refractivity contribution in [3.8, 4) is 22.6 Å². The summed E-state index contributed by atoms with van der Waals surface area (Å²) in [6.45, 7) is 2.95. The molecule has 5 aromatic rings. The van der Waals surface area contributed by atoms with Gasteiger partial charge in [-0.3, -0.25) is 4.98 Å². The van der Waals surface area contributed by atoms with E-state index in [0.29, 0.717) is 11.5 Å². The predicted octanol–water partition coefficient (Wildman–Crippen LogP) is 5.90. The van der Waals surface area contributed by atoms with Crippen LogP contribution in [0.4, 0.5) is 15.9 Å². The van der Waals surface area contributed by atoms with Gasteiger partial charge in [0.25, 0.3) is 0 Å². The molecule has 6 heteroatoms. The summed E-state index contributed by atoms with van der Waals surface area (Å²) in [7, 11) is 0. The molecule has 3 heterocycles. The van der Waals surface area contributed by atoms with Gasteiger partial charge in [-0.1, -0.05) is 35.9 Å². The Bertz CT molecular complexity index is 1480. The van der Waals surface area contributed by atoms with Gasteiger partial charge in [-0.15, -0.1) is 0 Å². The minimum atomic E-state index is -0.249. The van der Waals surface area contributed by atoms with Crippen molar-refractivity contribution in [1.29, 1.82) is 0 Å². The van der Waals surface area contributed by atoms with Crippen LogP contribution in [0.5, 0.6) is 0 Å². The average molecular weight is 433 g/mol. The Morgan fingerprint density at radius 2 is 1.73 bits per heavy atom. The summed E-state index contributed by atoms with van der Waals surface area (Å²) < 4.78 is 13.5. The highest BCUT2D eigenvalue weighted by Crippen LogP contribution is 2.39. The average Bonchev–Trinajstić information content (AvgIpc) is 3.27. The molecule has 0 saturated carbocycles. The fourth-order valence-corrected chi connectivity index (χ4v) is 4.42. The molecular formula is C27H20FN5. The molecule has 3 aromatic carbocycles. The normalized spacial score (nSPS) is 12.8. The summed E-state index contributed by atoms with van der Waals surface area (Å²) in [5.74, 6) is 1.13. The van der Waals surface area contributed by atoms with Crippen molar-refractivity contribution in [1.82, 2.24) is 19.9 Å². The first-order chi connectivity index (χ1) is 16.2. The van der Waals surface area contributed by atoms with Crippen LogP contribution in [0.25, 0.3) is 33.5 Å². The number of hydrogen-bond acceptors (Lipinski definition) is 5. The topological polar surface area (TPSA) is 54.8 Å². The summed E-state index contributed by atoms with van der Waals surface area (Å²) in [4.78, 5) is 20.6. The van der Waals surface area contributed by atoms with E-state index in [1.165, 1.54) is 23.3 Å². The number of anilines is 2. The van der Waals surface area contributed by atoms with E-state index in [0.717, 1.165) is 46.5 Å². The van der Waals surface area contributed by atoms with E-state index in [9.17, 15) is 4.39 Å². The second kappa shape index (κ2) is 7.74. The van der Waals surface area contributed by atoms with E-state index in [-0.39, 0.29) is 5.82 Å². The van der Waals surface area contributed by atoms with Crippen LogP contribution in [-0.2, 0) is 6.42 Å². The minimum Gasteiger partial charge on any atom is -0.325 e. The van der Waals surface area contributed by atoms with Crippen LogP contribution in [0.3, 0.4) is 0 Å². The molecule has 6 rings (SSSR count). The smallest absolute Gasteiger partial charge is 0.182 e. The maximum Gasteiger partial charge on any atom is 0.182 e. The minimum absolute atomic E-state index is 0.249. The molecule has 160 valence electrons. The Balaban J connectivity index is 1.57. The number of rotatable bonds is 3. The lowest BCUT2D eigenvalue weighted by Gasteiger charge is -2.21. The quantitative estimate of drug-likeness (QED) is 0.355. The molecule has 0 radical (unpaired) electrons. The maximum absolute atomic E-state index is 13.5. The third kappa shape index (κ3) is 3.49. The number of aryl methyl sites for hydroxylation is 1. The third-order valence-electron chi connectivity index (χ3n) is 6.03. The molecule has 0 fully saturated rings. The molecule has 1 aliphatic rings. The number of fused-ring (bicyclic) bond motifs is 2. The Hall–Kier alpha value is -4.19. The number of benzene rings is 3. The standard InChI is InChI=1S/C27H20FN5/c1-17-2-9-25-20(14-17)10-13-33(25)27-22-15-19(18-3-6-21(28)7-4-18)5-8-23(22)31-26(32-27)24-16-29-11-12-30-24/h2-9,11-12,14-16H,10,13H2,1H3. The Morgan fingerprint density at radius 1 is 0.879 bits per heavy atom.